The predicted molar refractivity (Wildman–Crippen MR) is 79.7 cm³/mol. The summed E-state index contributed by atoms with van der Waals surface area (Å²) in [7, 11) is 1.74. The smallest absolute Gasteiger partial charge is 0.276 e. The summed E-state index contributed by atoms with van der Waals surface area (Å²) in [6.07, 6.45) is 5.46. The second kappa shape index (κ2) is 5.76. The van der Waals surface area contributed by atoms with Crippen LogP contribution in [0.1, 0.15) is 23.1 Å². The topological polar surface area (TPSA) is 90.5 Å². The van der Waals surface area contributed by atoms with Crippen LogP contribution in [0, 0.1) is 0 Å². The van der Waals surface area contributed by atoms with Gasteiger partial charge in [-0.1, -0.05) is 6.92 Å². The summed E-state index contributed by atoms with van der Waals surface area (Å²) in [5.41, 5.74) is 2.10. The third-order valence-electron chi connectivity index (χ3n) is 3.21. The van der Waals surface area contributed by atoms with Gasteiger partial charge in [0.1, 0.15) is 12.0 Å². The van der Waals surface area contributed by atoms with Crippen LogP contribution in [-0.2, 0) is 13.5 Å². The molecule has 8 heteroatoms. The summed E-state index contributed by atoms with van der Waals surface area (Å²) >= 11 is 0. The van der Waals surface area contributed by atoms with Gasteiger partial charge in [0.05, 0.1) is 11.4 Å². The highest BCUT2D eigenvalue weighted by molar-refractivity contribution is 6.02. The molecule has 0 radical (unpaired) electrons. The van der Waals surface area contributed by atoms with E-state index in [2.05, 4.69) is 25.5 Å². The number of carbonyl (C=O) groups is 1. The minimum Gasteiger partial charge on any atom is -0.289 e. The lowest BCUT2D eigenvalue weighted by Gasteiger charge is -2.07. The lowest BCUT2D eigenvalue weighted by Crippen LogP contribution is -2.19. The van der Waals surface area contributed by atoms with Crippen LogP contribution in [0.3, 0.4) is 0 Å². The Morgan fingerprint density at radius 1 is 1.32 bits per heavy atom. The molecule has 0 aliphatic carbocycles. The number of nitrogens with zero attached hydrogens (tertiary/aromatic N) is 6. The lowest BCUT2D eigenvalue weighted by molar-refractivity contribution is 0.101. The molecule has 0 unspecified atom stereocenters. The highest BCUT2D eigenvalue weighted by atomic mass is 16.2. The number of amides is 1. The summed E-state index contributed by atoms with van der Waals surface area (Å²) in [5.74, 6) is 0.0634. The van der Waals surface area contributed by atoms with Gasteiger partial charge in [0.15, 0.2) is 0 Å². The van der Waals surface area contributed by atoms with Crippen molar-refractivity contribution in [1.29, 1.82) is 0 Å². The molecule has 3 aromatic heterocycles. The number of aromatic nitrogens is 6. The molecule has 0 atom stereocenters. The standard InChI is InChI=1S/C14H15N7O/c1-3-10-8-12(20(2)19-10)13(22)18-14-16-9-17-21(14)11-4-6-15-7-5-11/h4-9H,3H2,1-2H3,(H,16,17,18,22). The number of aryl methyl sites for hydroxylation is 2. The van der Waals surface area contributed by atoms with Gasteiger partial charge in [-0.2, -0.15) is 19.9 Å². The number of carbonyl (C=O) groups excluding carboxylic acids is 1. The summed E-state index contributed by atoms with van der Waals surface area (Å²) in [6, 6.07) is 5.33. The number of nitrogens with one attached hydrogen (secondary N) is 1. The molecule has 0 saturated heterocycles. The fourth-order valence-electron chi connectivity index (χ4n) is 2.08. The van der Waals surface area contributed by atoms with Gasteiger partial charge in [0.2, 0.25) is 5.95 Å². The largest absolute Gasteiger partial charge is 0.289 e. The van der Waals surface area contributed by atoms with Gasteiger partial charge in [-0.3, -0.25) is 19.8 Å². The number of hydrogen-bond donors (Lipinski definition) is 1. The zero-order valence-electron chi connectivity index (χ0n) is 12.3. The molecule has 1 N–H and O–H groups in total. The van der Waals surface area contributed by atoms with Crippen LogP contribution in [-0.4, -0.2) is 35.4 Å². The van der Waals surface area contributed by atoms with Gasteiger partial charge in [0, 0.05) is 19.4 Å². The van der Waals surface area contributed by atoms with Gasteiger partial charge in [-0.05, 0) is 24.6 Å². The summed E-state index contributed by atoms with van der Waals surface area (Å²) in [5, 5.41) is 11.1. The van der Waals surface area contributed by atoms with Crippen LogP contribution in [0.5, 0.6) is 0 Å². The first-order valence-corrected chi connectivity index (χ1v) is 6.83. The van der Waals surface area contributed by atoms with E-state index in [1.165, 1.54) is 11.0 Å². The Balaban J connectivity index is 1.86. The maximum absolute atomic E-state index is 12.4. The second-order valence-electron chi connectivity index (χ2n) is 4.65. The van der Waals surface area contributed by atoms with E-state index in [4.69, 9.17) is 0 Å². The molecular formula is C14H15N7O. The molecule has 0 saturated carbocycles. The molecule has 3 heterocycles. The Hall–Kier alpha value is -3.03. The van der Waals surface area contributed by atoms with E-state index >= 15 is 0 Å². The van der Waals surface area contributed by atoms with Gasteiger partial charge in [-0.25, -0.2) is 0 Å². The van der Waals surface area contributed by atoms with Crippen LogP contribution in [0.15, 0.2) is 36.9 Å². The van der Waals surface area contributed by atoms with Gasteiger partial charge >= 0.3 is 0 Å². The van der Waals surface area contributed by atoms with Crippen molar-refractivity contribution in [2.24, 2.45) is 7.05 Å². The number of hydrogen-bond acceptors (Lipinski definition) is 5. The van der Waals surface area contributed by atoms with Crippen molar-refractivity contribution in [1.82, 2.24) is 29.5 Å². The molecule has 1 amide bonds. The quantitative estimate of drug-likeness (QED) is 0.781. The van der Waals surface area contributed by atoms with Crippen molar-refractivity contribution in [2.75, 3.05) is 5.32 Å². The Morgan fingerprint density at radius 3 is 2.77 bits per heavy atom. The molecule has 8 nitrogen and oxygen atoms in total. The van der Waals surface area contributed by atoms with Crippen molar-refractivity contribution in [3.05, 3.63) is 48.3 Å². The van der Waals surface area contributed by atoms with E-state index in [0.29, 0.717) is 11.6 Å². The SMILES string of the molecule is CCc1cc(C(=O)Nc2ncnn2-c2ccncc2)n(C)n1. The summed E-state index contributed by atoms with van der Waals surface area (Å²) in [4.78, 5) is 20.4. The van der Waals surface area contributed by atoms with Crippen molar-refractivity contribution in [3.63, 3.8) is 0 Å². The van der Waals surface area contributed by atoms with E-state index in [0.717, 1.165) is 17.8 Å². The van der Waals surface area contributed by atoms with Crippen molar-refractivity contribution < 1.29 is 4.79 Å². The molecule has 0 aliphatic rings. The van der Waals surface area contributed by atoms with E-state index in [1.54, 1.807) is 42.3 Å². The number of anilines is 1. The normalized spacial score (nSPS) is 10.6. The Labute approximate surface area is 126 Å². The minimum atomic E-state index is -0.280. The van der Waals surface area contributed by atoms with Crippen molar-refractivity contribution in [3.8, 4) is 5.69 Å². The first kappa shape index (κ1) is 13.9. The van der Waals surface area contributed by atoms with Crippen molar-refractivity contribution in [2.45, 2.75) is 13.3 Å². The zero-order valence-corrected chi connectivity index (χ0v) is 12.3. The number of pyridine rings is 1. The van der Waals surface area contributed by atoms with Crippen LogP contribution in [0.25, 0.3) is 5.69 Å². The van der Waals surface area contributed by atoms with Gasteiger partial charge in [0.25, 0.3) is 5.91 Å². The summed E-state index contributed by atoms with van der Waals surface area (Å²) in [6.45, 7) is 1.99. The molecule has 3 rings (SSSR count). The van der Waals surface area contributed by atoms with Crippen LogP contribution in [0.2, 0.25) is 0 Å². The summed E-state index contributed by atoms with van der Waals surface area (Å²) < 4.78 is 3.10. The molecule has 3 aromatic rings. The molecule has 0 aromatic carbocycles. The second-order valence-corrected chi connectivity index (χ2v) is 4.65. The average molecular weight is 297 g/mol. The fourth-order valence-corrected chi connectivity index (χ4v) is 2.08. The fraction of sp³-hybridized carbons (Fsp3) is 0.214. The van der Waals surface area contributed by atoms with Gasteiger partial charge < -0.3 is 0 Å². The van der Waals surface area contributed by atoms with E-state index in [9.17, 15) is 4.79 Å². The maximum atomic E-state index is 12.4. The van der Waals surface area contributed by atoms with E-state index in [-0.39, 0.29) is 5.91 Å². The monoisotopic (exact) mass is 297 g/mol. The molecule has 112 valence electrons. The average Bonchev–Trinajstić information content (AvgIpc) is 3.14. The third-order valence-corrected chi connectivity index (χ3v) is 3.21. The van der Waals surface area contributed by atoms with Crippen LogP contribution >= 0.6 is 0 Å². The maximum Gasteiger partial charge on any atom is 0.276 e. The molecule has 0 spiro atoms. The third kappa shape index (κ3) is 2.58. The number of rotatable bonds is 4. The predicted octanol–water partition coefficient (Wildman–Crippen LogP) is 1.21. The van der Waals surface area contributed by atoms with Crippen molar-refractivity contribution >= 4 is 11.9 Å². The minimum absolute atomic E-state index is 0.280. The zero-order chi connectivity index (χ0) is 15.5. The molecule has 22 heavy (non-hydrogen) atoms. The lowest BCUT2D eigenvalue weighted by atomic mass is 10.3. The Kier molecular flexibility index (Phi) is 3.65. The molecular weight excluding hydrogens is 282 g/mol. The van der Waals surface area contributed by atoms with Crippen LogP contribution < -0.4 is 5.32 Å². The molecule has 0 fully saturated rings. The van der Waals surface area contributed by atoms with E-state index < -0.39 is 0 Å². The Bertz CT molecular complexity index is 791. The molecule has 0 aliphatic heterocycles. The van der Waals surface area contributed by atoms with Gasteiger partial charge in [-0.15, -0.1) is 0 Å². The van der Waals surface area contributed by atoms with E-state index in [1.807, 2.05) is 6.92 Å². The van der Waals surface area contributed by atoms with Crippen LogP contribution in [0.4, 0.5) is 5.95 Å². The molecule has 0 bridgehead atoms. The highest BCUT2D eigenvalue weighted by Gasteiger charge is 2.16. The first-order valence-electron chi connectivity index (χ1n) is 6.83. The first-order chi connectivity index (χ1) is 10.7. The highest BCUT2D eigenvalue weighted by Crippen LogP contribution is 2.12. The Morgan fingerprint density at radius 2 is 2.09 bits per heavy atom.